The Labute approximate surface area is 106 Å². The number of ketones is 1. The zero-order valence-electron chi connectivity index (χ0n) is 10.1. The largest absolute Gasteiger partial charge is 0.300 e. The van der Waals surface area contributed by atoms with Crippen molar-refractivity contribution in [2.24, 2.45) is 0 Å². The quantitative estimate of drug-likeness (QED) is 0.803. The molecule has 1 rings (SSSR count). The van der Waals surface area contributed by atoms with Crippen LogP contribution >= 0.6 is 11.8 Å². The molecule has 0 bridgehead atoms. The number of carbonyl (C=O) groups excluding carboxylic acids is 2. The molecule has 0 spiro atoms. The van der Waals surface area contributed by atoms with Crippen molar-refractivity contribution in [1.29, 1.82) is 0 Å². The molecule has 0 radical (unpaired) electrons. The van der Waals surface area contributed by atoms with Gasteiger partial charge in [-0.1, -0.05) is 48.2 Å². The van der Waals surface area contributed by atoms with Crippen LogP contribution in [0.25, 0.3) is 6.08 Å². The molecule has 0 aliphatic carbocycles. The Bertz CT molecular complexity index is 418. The molecule has 0 atom stereocenters. The van der Waals surface area contributed by atoms with E-state index in [4.69, 9.17) is 0 Å². The van der Waals surface area contributed by atoms with Crippen molar-refractivity contribution in [1.82, 2.24) is 0 Å². The Kier molecular flexibility index (Phi) is 5.70. The van der Waals surface area contributed by atoms with Gasteiger partial charge in [-0.15, -0.1) is 0 Å². The van der Waals surface area contributed by atoms with Crippen LogP contribution in [0.15, 0.2) is 30.3 Å². The molecule has 17 heavy (non-hydrogen) atoms. The van der Waals surface area contributed by atoms with E-state index >= 15 is 0 Å². The Hall–Kier alpha value is -1.35. The number of hydrogen-bond donors (Lipinski definition) is 0. The summed E-state index contributed by atoms with van der Waals surface area (Å²) in [5.74, 6) is 0.871. The molecule has 2 nitrogen and oxygen atoms in total. The number of thioether (sulfide) groups is 1. The third-order valence-corrected chi connectivity index (χ3v) is 2.89. The van der Waals surface area contributed by atoms with Crippen molar-refractivity contribution in [3.63, 3.8) is 0 Å². The number of Topliss-reactive ketones (excluding diaryl/α,β-unsaturated/α-hetero) is 1. The second-order valence-electron chi connectivity index (χ2n) is 3.83. The second-order valence-corrected chi connectivity index (χ2v) is 5.02. The third kappa shape index (κ3) is 6.07. The fourth-order valence-corrected chi connectivity index (χ4v) is 1.81. The van der Waals surface area contributed by atoms with Gasteiger partial charge in [0.2, 0.25) is 0 Å². The Balaban J connectivity index is 2.50. The standard InChI is InChI=1S/C14H16O2S/c1-11(15)10-14-7-5-13(6-8-14)4-3-9-17-12(2)16/h3-8H,9-10H2,1-2H3. The highest BCUT2D eigenvalue weighted by atomic mass is 32.2. The molecule has 0 aliphatic heterocycles. The minimum atomic E-state index is 0.131. The first-order valence-corrected chi connectivity index (χ1v) is 6.45. The summed E-state index contributed by atoms with van der Waals surface area (Å²) in [6, 6.07) is 7.87. The molecule has 0 fully saturated rings. The van der Waals surface area contributed by atoms with Crippen LogP contribution in [0.1, 0.15) is 25.0 Å². The first-order valence-electron chi connectivity index (χ1n) is 5.46. The van der Waals surface area contributed by atoms with Crippen molar-refractivity contribution in [3.8, 4) is 0 Å². The van der Waals surface area contributed by atoms with E-state index in [0.29, 0.717) is 12.2 Å². The minimum Gasteiger partial charge on any atom is -0.300 e. The van der Waals surface area contributed by atoms with Crippen molar-refractivity contribution < 1.29 is 9.59 Å². The van der Waals surface area contributed by atoms with Crippen LogP contribution in [0.3, 0.4) is 0 Å². The highest BCUT2D eigenvalue weighted by molar-refractivity contribution is 8.13. The summed E-state index contributed by atoms with van der Waals surface area (Å²) in [7, 11) is 0. The van der Waals surface area contributed by atoms with E-state index in [1.807, 2.05) is 36.4 Å². The summed E-state index contributed by atoms with van der Waals surface area (Å²) in [6.07, 6.45) is 4.43. The molecule has 1 aromatic rings. The van der Waals surface area contributed by atoms with Crippen molar-refractivity contribution in [2.45, 2.75) is 20.3 Å². The Morgan fingerprint density at radius 2 is 1.82 bits per heavy atom. The van der Waals surface area contributed by atoms with E-state index in [-0.39, 0.29) is 10.9 Å². The summed E-state index contributed by atoms with van der Waals surface area (Å²) in [4.78, 5) is 21.6. The van der Waals surface area contributed by atoms with E-state index in [9.17, 15) is 9.59 Å². The average Bonchev–Trinajstić information content (AvgIpc) is 2.25. The lowest BCUT2D eigenvalue weighted by Crippen LogP contribution is -1.95. The lowest BCUT2D eigenvalue weighted by molar-refractivity contribution is -0.116. The Morgan fingerprint density at radius 3 is 2.35 bits per heavy atom. The van der Waals surface area contributed by atoms with Crippen LogP contribution in [0.2, 0.25) is 0 Å². The molecule has 90 valence electrons. The van der Waals surface area contributed by atoms with Crippen molar-refractivity contribution >= 4 is 28.7 Å². The topological polar surface area (TPSA) is 34.1 Å². The van der Waals surface area contributed by atoms with Gasteiger partial charge in [-0.25, -0.2) is 0 Å². The third-order valence-electron chi connectivity index (χ3n) is 2.13. The van der Waals surface area contributed by atoms with Crippen LogP contribution in [0.4, 0.5) is 0 Å². The maximum Gasteiger partial charge on any atom is 0.186 e. The van der Waals surface area contributed by atoms with Gasteiger partial charge in [0.25, 0.3) is 0 Å². The molecule has 1 aromatic carbocycles. The van der Waals surface area contributed by atoms with Gasteiger partial charge in [-0.3, -0.25) is 9.59 Å². The van der Waals surface area contributed by atoms with E-state index in [0.717, 1.165) is 11.1 Å². The summed E-state index contributed by atoms with van der Waals surface area (Å²) in [5, 5.41) is 0.131. The highest BCUT2D eigenvalue weighted by Gasteiger charge is 1.96. The van der Waals surface area contributed by atoms with Crippen molar-refractivity contribution in [3.05, 3.63) is 41.5 Å². The maximum atomic E-state index is 10.9. The van der Waals surface area contributed by atoms with Crippen molar-refractivity contribution in [2.75, 3.05) is 5.75 Å². The smallest absolute Gasteiger partial charge is 0.186 e. The lowest BCUT2D eigenvalue weighted by atomic mass is 10.1. The average molecular weight is 248 g/mol. The fourth-order valence-electron chi connectivity index (χ4n) is 1.38. The molecule has 0 saturated carbocycles. The normalized spacial score (nSPS) is 10.7. The first-order chi connectivity index (χ1) is 8.08. The maximum absolute atomic E-state index is 10.9. The lowest BCUT2D eigenvalue weighted by Gasteiger charge is -1.98. The molecule has 0 heterocycles. The van der Waals surface area contributed by atoms with E-state index in [2.05, 4.69) is 0 Å². The zero-order valence-corrected chi connectivity index (χ0v) is 10.9. The molecule has 0 saturated heterocycles. The molecule has 0 amide bonds. The van der Waals surface area contributed by atoms with Gasteiger partial charge in [-0.05, 0) is 18.1 Å². The van der Waals surface area contributed by atoms with Crippen LogP contribution in [0, 0.1) is 0 Å². The fraction of sp³-hybridized carbons (Fsp3) is 0.286. The van der Waals surface area contributed by atoms with E-state index < -0.39 is 0 Å². The predicted molar refractivity (Wildman–Crippen MR) is 73.0 cm³/mol. The first kappa shape index (κ1) is 13.7. The van der Waals surface area contributed by atoms with Crippen LogP contribution in [-0.4, -0.2) is 16.7 Å². The molecule has 0 aliphatic rings. The highest BCUT2D eigenvalue weighted by Crippen LogP contribution is 2.09. The Morgan fingerprint density at radius 1 is 1.18 bits per heavy atom. The SMILES string of the molecule is CC(=O)Cc1ccc(C=CCSC(C)=O)cc1. The number of hydrogen-bond acceptors (Lipinski definition) is 3. The predicted octanol–water partition coefficient (Wildman–Crippen LogP) is 3.11. The van der Waals surface area contributed by atoms with Crippen LogP contribution in [0.5, 0.6) is 0 Å². The molecule has 3 heteroatoms. The molecule has 0 unspecified atom stereocenters. The number of benzene rings is 1. The van der Waals surface area contributed by atoms with Gasteiger partial charge in [0.05, 0.1) is 0 Å². The molecular formula is C14H16O2S. The van der Waals surface area contributed by atoms with Gasteiger partial charge in [0, 0.05) is 19.1 Å². The summed E-state index contributed by atoms with van der Waals surface area (Å²) < 4.78 is 0. The van der Waals surface area contributed by atoms with Gasteiger partial charge in [-0.2, -0.15) is 0 Å². The van der Waals surface area contributed by atoms with Crippen LogP contribution < -0.4 is 0 Å². The van der Waals surface area contributed by atoms with E-state index in [1.165, 1.54) is 11.8 Å². The monoisotopic (exact) mass is 248 g/mol. The van der Waals surface area contributed by atoms with Gasteiger partial charge < -0.3 is 0 Å². The molecule has 0 N–H and O–H groups in total. The number of rotatable bonds is 5. The number of carbonyl (C=O) groups is 2. The van der Waals surface area contributed by atoms with Gasteiger partial charge in [0.1, 0.15) is 5.78 Å². The summed E-state index contributed by atoms with van der Waals surface area (Å²) >= 11 is 1.29. The van der Waals surface area contributed by atoms with Gasteiger partial charge in [0.15, 0.2) is 5.12 Å². The second kappa shape index (κ2) is 7.07. The van der Waals surface area contributed by atoms with E-state index in [1.54, 1.807) is 13.8 Å². The minimum absolute atomic E-state index is 0.131. The summed E-state index contributed by atoms with van der Waals surface area (Å²) in [6.45, 7) is 3.15. The van der Waals surface area contributed by atoms with Gasteiger partial charge >= 0.3 is 0 Å². The summed E-state index contributed by atoms with van der Waals surface area (Å²) in [5.41, 5.74) is 2.12. The molecular weight excluding hydrogens is 232 g/mol. The zero-order chi connectivity index (χ0) is 12.7. The molecule has 0 aromatic heterocycles. The van der Waals surface area contributed by atoms with Crippen LogP contribution in [-0.2, 0) is 16.0 Å².